The Bertz CT molecular complexity index is 1090. The smallest absolute Gasteiger partial charge is 0.154 e. The zero-order valence-electron chi connectivity index (χ0n) is 15.4. The fraction of sp³-hybridized carbons (Fsp3) is 0.0800. The van der Waals surface area contributed by atoms with E-state index in [1.165, 1.54) is 0 Å². The number of carbonyl (C=O) groups is 1. The van der Waals surface area contributed by atoms with Crippen molar-refractivity contribution < 1.29 is 14.3 Å². The summed E-state index contributed by atoms with van der Waals surface area (Å²) in [6.45, 7) is 0.733. The molecule has 0 aliphatic rings. The topological polar surface area (TPSA) is 35.5 Å². The Morgan fingerprint density at radius 3 is 2.14 bits per heavy atom. The summed E-state index contributed by atoms with van der Waals surface area (Å²) in [7, 11) is 0. The van der Waals surface area contributed by atoms with Gasteiger partial charge in [0.25, 0.3) is 0 Å². The molecule has 0 N–H and O–H groups in total. The SMILES string of the molecule is O=Cc1c(OCCOc2ccccc2-c2ccccc2)ccc2ccccc12. The maximum atomic E-state index is 11.6. The summed E-state index contributed by atoms with van der Waals surface area (Å²) in [5.41, 5.74) is 2.72. The molecular weight excluding hydrogens is 348 g/mol. The highest BCUT2D eigenvalue weighted by Crippen LogP contribution is 2.30. The zero-order chi connectivity index (χ0) is 19.2. The van der Waals surface area contributed by atoms with Gasteiger partial charge in [-0.05, 0) is 28.5 Å². The third-order valence-electron chi connectivity index (χ3n) is 4.62. The summed E-state index contributed by atoms with van der Waals surface area (Å²) >= 11 is 0. The van der Waals surface area contributed by atoms with Crippen LogP contribution in [0.4, 0.5) is 0 Å². The lowest BCUT2D eigenvalue weighted by Gasteiger charge is -2.13. The van der Waals surface area contributed by atoms with Crippen LogP contribution in [0.3, 0.4) is 0 Å². The number of hydrogen-bond acceptors (Lipinski definition) is 3. The van der Waals surface area contributed by atoms with Crippen molar-refractivity contribution in [3.8, 4) is 22.6 Å². The van der Waals surface area contributed by atoms with Gasteiger partial charge in [0.2, 0.25) is 0 Å². The number of aldehydes is 1. The summed E-state index contributed by atoms with van der Waals surface area (Å²) < 4.78 is 11.8. The molecule has 28 heavy (non-hydrogen) atoms. The van der Waals surface area contributed by atoms with Gasteiger partial charge in [0, 0.05) is 5.56 Å². The van der Waals surface area contributed by atoms with Crippen LogP contribution in [0.5, 0.6) is 11.5 Å². The fourth-order valence-electron chi connectivity index (χ4n) is 3.27. The van der Waals surface area contributed by atoms with E-state index in [-0.39, 0.29) is 0 Å². The first-order valence-corrected chi connectivity index (χ1v) is 9.24. The van der Waals surface area contributed by atoms with Gasteiger partial charge in [0.1, 0.15) is 24.7 Å². The molecule has 4 aromatic carbocycles. The molecule has 0 saturated heterocycles. The number of hydrogen-bond donors (Lipinski definition) is 0. The molecular formula is C25H20O3. The quantitative estimate of drug-likeness (QED) is 0.306. The predicted octanol–water partition coefficient (Wildman–Crippen LogP) is 5.78. The molecule has 0 fully saturated rings. The normalized spacial score (nSPS) is 10.6. The third-order valence-corrected chi connectivity index (χ3v) is 4.62. The van der Waals surface area contributed by atoms with Gasteiger partial charge in [-0.3, -0.25) is 4.79 Å². The predicted molar refractivity (Wildman–Crippen MR) is 112 cm³/mol. The van der Waals surface area contributed by atoms with Crippen LogP contribution in [-0.4, -0.2) is 19.5 Å². The van der Waals surface area contributed by atoms with Crippen LogP contribution in [0, 0.1) is 0 Å². The summed E-state index contributed by atoms with van der Waals surface area (Å²) in [6, 6.07) is 29.7. The minimum Gasteiger partial charge on any atom is -0.489 e. The Kier molecular flexibility index (Phi) is 5.34. The molecule has 0 aliphatic heterocycles. The highest BCUT2D eigenvalue weighted by atomic mass is 16.5. The van der Waals surface area contributed by atoms with Gasteiger partial charge in [-0.1, -0.05) is 78.9 Å². The largest absolute Gasteiger partial charge is 0.489 e. The van der Waals surface area contributed by atoms with Gasteiger partial charge < -0.3 is 9.47 Å². The molecule has 0 amide bonds. The van der Waals surface area contributed by atoms with Crippen molar-refractivity contribution in [2.75, 3.05) is 13.2 Å². The molecule has 0 aliphatic carbocycles. The second-order valence-electron chi connectivity index (χ2n) is 6.38. The fourth-order valence-corrected chi connectivity index (χ4v) is 3.27. The van der Waals surface area contributed by atoms with Gasteiger partial charge >= 0.3 is 0 Å². The summed E-state index contributed by atoms with van der Waals surface area (Å²) in [5, 5.41) is 1.91. The maximum Gasteiger partial charge on any atom is 0.154 e. The molecule has 4 rings (SSSR count). The lowest BCUT2D eigenvalue weighted by Crippen LogP contribution is -2.10. The van der Waals surface area contributed by atoms with Gasteiger partial charge in [0.15, 0.2) is 6.29 Å². The van der Waals surface area contributed by atoms with Crippen LogP contribution in [0.2, 0.25) is 0 Å². The molecule has 0 heterocycles. The van der Waals surface area contributed by atoms with E-state index >= 15 is 0 Å². The lowest BCUT2D eigenvalue weighted by atomic mass is 10.0. The first kappa shape index (κ1) is 17.8. The average Bonchev–Trinajstić information content (AvgIpc) is 2.77. The van der Waals surface area contributed by atoms with E-state index in [9.17, 15) is 4.79 Å². The van der Waals surface area contributed by atoms with Crippen molar-refractivity contribution in [1.29, 1.82) is 0 Å². The van der Waals surface area contributed by atoms with Crippen LogP contribution < -0.4 is 9.47 Å². The summed E-state index contributed by atoms with van der Waals surface area (Å²) in [6.07, 6.45) is 0.850. The van der Waals surface area contributed by atoms with Crippen LogP contribution in [0.1, 0.15) is 10.4 Å². The van der Waals surface area contributed by atoms with Crippen LogP contribution in [0.15, 0.2) is 91.0 Å². The Morgan fingerprint density at radius 1 is 0.643 bits per heavy atom. The lowest BCUT2D eigenvalue weighted by molar-refractivity contribution is 0.112. The number of ether oxygens (including phenoxy) is 2. The molecule has 0 atom stereocenters. The molecule has 0 aromatic heterocycles. The van der Waals surface area contributed by atoms with Crippen LogP contribution >= 0.6 is 0 Å². The van der Waals surface area contributed by atoms with Crippen LogP contribution in [-0.2, 0) is 0 Å². The first-order valence-electron chi connectivity index (χ1n) is 9.24. The highest BCUT2D eigenvalue weighted by molar-refractivity contribution is 6.00. The Labute approximate surface area is 164 Å². The van der Waals surface area contributed by atoms with E-state index in [0.717, 1.165) is 33.9 Å². The standard InChI is InChI=1S/C25H20O3/c26-18-23-21-11-5-4-10-20(21)14-15-25(23)28-17-16-27-24-13-7-6-12-22(24)19-8-2-1-3-9-19/h1-15,18H,16-17H2. The van der Waals surface area contributed by atoms with Crippen molar-refractivity contribution in [2.45, 2.75) is 0 Å². The second kappa shape index (κ2) is 8.40. The molecule has 0 radical (unpaired) electrons. The van der Waals surface area contributed by atoms with Crippen molar-refractivity contribution in [1.82, 2.24) is 0 Å². The maximum absolute atomic E-state index is 11.6. The van der Waals surface area contributed by atoms with E-state index in [1.807, 2.05) is 78.9 Å². The van der Waals surface area contributed by atoms with Crippen molar-refractivity contribution in [2.24, 2.45) is 0 Å². The average molecular weight is 368 g/mol. The second-order valence-corrected chi connectivity index (χ2v) is 6.38. The van der Waals surface area contributed by atoms with Crippen molar-refractivity contribution in [3.05, 3.63) is 96.6 Å². The molecule has 138 valence electrons. The molecule has 4 aromatic rings. The van der Waals surface area contributed by atoms with E-state index in [1.54, 1.807) is 0 Å². The number of fused-ring (bicyclic) bond motifs is 1. The Balaban J connectivity index is 1.45. The molecule has 3 heteroatoms. The third kappa shape index (κ3) is 3.74. The van der Waals surface area contributed by atoms with E-state index < -0.39 is 0 Å². The van der Waals surface area contributed by atoms with Gasteiger partial charge in [0.05, 0.1) is 5.56 Å². The Hall–Kier alpha value is -3.59. The summed E-state index contributed by atoms with van der Waals surface area (Å²) in [4.78, 5) is 11.6. The number of rotatable bonds is 7. The van der Waals surface area contributed by atoms with Gasteiger partial charge in [-0.2, -0.15) is 0 Å². The zero-order valence-corrected chi connectivity index (χ0v) is 15.4. The minimum atomic E-state index is 0.350. The van der Waals surface area contributed by atoms with Crippen molar-refractivity contribution in [3.63, 3.8) is 0 Å². The molecule has 0 spiro atoms. The van der Waals surface area contributed by atoms with E-state index in [2.05, 4.69) is 12.1 Å². The first-order chi connectivity index (χ1) is 13.9. The monoisotopic (exact) mass is 368 g/mol. The van der Waals surface area contributed by atoms with Crippen molar-refractivity contribution >= 4 is 17.1 Å². The number of para-hydroxylation sites is 1. The van der Waals surface area contributed by atoms with Gasteiger partial charge in [-0.15, -0.1) is 0 Å². The molecule has 0 unspecified atom stereocenters. The molecule has 0 saturated carbocycles. The van der Waals surface area contributed by atoms with E-state index in [0.29, 0.717) is 24.5 Å². The van der Waals surface area contributed by atoms with E-state index in [4.69, 9.17) is 9.47 Å². The van der Waals surface area contributed by atoms with Crippen LogP contribution in [0.25, 0.3) is 21.9 Å². The highest BCUT2D eigenvalue weighted by Gasteiger charge is 2.09. The number of carbonyl (C=O) groups excluding carboxylic acids is 1. The van der Waals surface area contributed by atoms with Gasteiger partial charge in [-0.25, -0.2) is 0 Å². The Morgan fingerprint density at radius 2 is 1.32 bits per heavy atom. The molecule has 3 nitrogen and oxygen atoms in total. The minimum absolute atomic E-state index is 0.350. The molecule has 0 bridgehead atoms. The summed E-state index contributed by atoms with van der Waals surface area (Å²) in [5.74, 6) is 1.39. The number of benzene rings is 4.